The lowest BCUT2D eigenvalue weighted by molar-refractivity contribution is 0.414. The lowest BCUT2D eigenvalue weighted by Gasteiger charge is -2.26. The molecule has 1 fully saturated rings. The van der Waals surface area contributed by atoms with Crippen LogP contribution in [0.4, 0.5) is 5.82 Å². The zero-order valence-electron chi connectivity index (χ0n) is 13.5. The Kier molecular flexibility index (Phi) is 4.01. The Morgan fingerprint density at radius 1 is 1.18 bits per heavy atom. The van der Waals surface area contributed by atoms with Crippen LogP contribution in [0.3, 0.4) is 0 Å². The summed E-state index contributed by atoms with van der Waals surface area (Å²) in [4.78, 5) is 8.97. The van der Waals surface area contributed by atoms with Crippen LogP contribution in [-0.2, 0) is 5.41 Å². The number of hydrogen-bond donors (Lipinski definition) is 1. The van der Waals surface area contributed by atoms with Crippen molar-refractivity contribution in [3.63, 3.8) is 0 Å². The van der Waals surface area contributed by atoms with Crippen LogP contribution in [0.1, 0.15) is 44.0 Å². The second kappa shape index (κ2) is 5.95. The first kappa shape index (κ1) is 14.8. The molecule has 1 aromatic carbocycles. The first-order valence-corrected chi connectivity index (χ1v) is 7.80. The van der Waals surface area contributed by atoms with Gasteiger partial charge in [-0.15, -0.1) is 0 Å². The summed E-state index contributed by atoms with van der Waals surface area (Å²) in [7, 11) is 1.69. The lowest BCUT2D eigenvalue weighted by atomic mass is 9.84. The zero-order chi connectivity index (χ0) is 15.6. The predicted octanol–water partition coefficient (Wildman–Crippen LogP) is 3.75. The van der Waals surface area contributed by atoms with Gasteiger partial charge in [-0.05, 0) is 36.6 Å². The van der Waals surface area contributed by atoms with Gasteiger partial charge in [0, 0.05) is 24.1 Å². The minimum absolute atomic E-state index is 0.0109. The topological polar surface area (TPSA) is 47.0 Å². The molecular formula is C18H23N3O. The fourth-order valence-electron chi connectivity index (χ4n) is 2.47. The Morgan fingerprint density at radius 2 is 1.91 bits per heavy atom. The Hall–Kier alpha value is -2.10. The van der Waals surface area contributed by atoms with Crippen molar-refractivity contribution in [2.24, 2.45) is 0 Å². The average molecular weight is 297 g/mol. The van der Waals surface area contributed by atoms with Crippen molar-refractivity contribution in [2.75, 3.05) is 19.0 Å². The van der Waals surface area contributed by atoms with Gasteiger partial charge in [0.2, 0.25) is 0 Å². The third-order valence-corrected chi connectivity index (χ3v) is 4.20. The van der Waals surface area contributed by atoms with Gasteiger partial charge in [-0.25, -0.2) is 9.97 Å². The van der Waals surface area contributed by atoms with Crippen LogP contribution < -0.4 is 10.1 Å². The van der Waals surface area contributed by atoms with E-state index in [-0.39, 0.29) is 5.41 Å². The normalized spacial score (nSPS) is 14.7. The smallest absolute Gasteiger partial charge is 0.133 e. The number of benzene rings is 1. The Balaban J connectivity index is 1.66. The van der Waals surface area contributed by atoms with Crippen LogP contribution in [-0.4, -0.2) is 23.6 Å². The molecule has 0 saturated heterocycles. The van der Waals surface area contributed by atoms with Crippen LogP contribution >= 0.6 is 0 Å². The van der Waals surface area contributed by atoms with Crippen molar-refractivity contribution in [3.8, 4) is 5.75 Å². The maximum absolute atomic E-state index is 5.22. The molecule has 0 aliphatic heterocycles. The first-order valence-electron chi connectivity index (χ1n) is 7.80. The van der Waals surface area contributed by atoms with Crippen molar-refractivity contribution >= 4 is 5.82 Å². The van der Waals surface area contributed by atoms with Gasteiger partial charge in [0.15, 0.2) is 0 Å². The number of anilines is 1. The fourth-order valence-corrected chi connectivity index (χ4v) is 2.47. The summed E-state index contributed by atoms with van der Waals surface area (Å²) in [6.45, 7) is 5.27. The van der Waals surface area contributed by atoms with Crippen LogP contribution in [0.15, 0.2) is 36.5 Å². The summed E-state index contributed by atoms with van der Waals surface area (Å²) in [5.41, 5.74) is 1.29. The second-order valence-corrected chi connectivity index (χ2v) is 6.54. The molecule has 4 nitrogen and oxygen atoms in total. The van der Waals surface area contributed by atoms with Crippen LogP contribution in [0.2, 0.25) is 0 Å². The highest BCUT2D eigenvalue weighted by molar-refractivity contribution is 5.37. The van der Waals surface area contributed by atoms with Gasteiger partial charge in [0.05, 0.1) is 7.11 Å². The quantitative estimate of drug-likeness (QED) is 0.882. The monoisotopic (exact) mass is 297 g/mol. The molecule has 1 N–H and O–H groups in total. The molecule has 3 rings (SSSR count). The first-order chi connectivity index (χ1) is 10.6. The van der Waals surface area contributed by atoms with Gasteiger partial charge in [0.1, 0.15) is 17.4 Å². The highest BCUT2D eigenvalue weighted by atomic mass is 16.5. The Labute approximate surface area is 132 Å². The largest absolute Gasteiger partial charge is 0.497 e. The molecular weight excluding hydrogens is 274 g/mol. The van der Waals surface area contributed by atoms with Crippen molar-refractivity contribution in [1.82, 2.24) is 9.97 Å². The van der Waals surface area contributed by atoms with E-state index < -0.39 is 0 Å². The summed E-state index contributed by atoms with van der Waals surface area (Å²) in [5, 5.41) is 3.45. The van der Waals surface area contributed by atoms with Gasteiger partial charge in [-0.3, -0.25) is 0 Å². The molecule has 1 heterocycles. The number of aromatic nitrogens is 2. The van der Waals surface area contributed by atoms with E-state index in [2.05, 4.69) is 41.3 Å². The molecule has 1 aliphatic carbocycles. The zero-order valence-corrected chi connectivity index (χ0v) is 13.5. The standard InChI is InChI=1S/C18H23N3O/c1-18(2,14-6-8-15(22-3)9-7-14)12-20-16-10-11-19-17(21-16)13-4-5-13/h6-11,13H,4-5,12H2,1-3H3,(H,19,20,21). The molecule has 1 aromatic heterocycles. The fraction of sp³-hybridized carbons (Fsp3) is 0.444. The van der Waals surface area contributed by atoms with E-state index in [1.54, 1.807) is 7.11 Å². The molecule has 116 valence electrons. The molecule has 0 bridgehead atoms. The van der Waals surface area contributed by atoms with E-state index in [0.29, 0.717) is 5.92 Å². The van der Waals surface area contributed by atoms with E-state index in [1.165, 1.54) is 18.4 Å². The minimum Gasteiger partial charge on any atom is -0.497 e. The average Bonchev–Trinajstić information content (AvgIpc) is 3.38. The third-order valence-electron chi connectivity index (χ3n) is 4.20. The van der Waals surface area contributed by atoms with E-state index in [9.17, 15) is 0 Å². The van der Waals surface area contributed by atoms with Gasteiger partial charge >= 0.3 is 0 Å². The molecule has 0 unspecified atom stereocenters. The minimum atomic E-state index is 0.0109. The van der Waals surface area contributed by atoms with E-state index >= 15 is 0 Å². The van der Waals surface area contributed by atoms with E-state index in [4.69, 9.17) is 4.74 Å². The third kappa shape index (κ3) is 3.38. The SMILES string of the molecule is COc1ccc(C(C)(C)CNc2ccnc(C3CC3)n2)cc1. The van der Waals surface area contributed by atoms with Crippen LogP contribution in [0.5, 0.6) is 5.75 Å². The number of hydrogen-bond acceptors (Lipinski definition) is 4. The number of ether oxygens (including phenoxy) is 1. The van der Waals surface area contributed by atoms with Crippen molar-refractivity contribution in [2.45, 2.75) is 38.0 Å². The highest BCUT2D eigenvalue weighted by Crippen LogP contribution is 2.38. The molecule has 0 radical (unpaired) electrons. The van der Waals surface area contributed by atoms with Crippen LogP contribution in [0.25, 0.3) is 0 Å². The number of rotatable bonds is 6. The maximum atomic E-state index is 5.22. The lowest BCUT2D eigenvalue weighted by Crippen LogP contribution is -2.28. The molecule has 1 aliphatic rings. The summed E-state index contributed by atoms with van der Waals surface area (Å²) >= 11 is 0. The van der Waals surface area contributed by atoms with Gasteiger partial charge in [0.25, 0.3) is 0 Å². The van der Waals surface area contributed by atoms with Crippen molar-refractivity contribution in [3.05, 3.63) is 47.9 Å². The summed E-state index contributed by atoms with van der Waals surface area (Å²) < 4.78 is 5.22. The molecule has 4 heteroatoms. The van der Waals surface area contributed by atoms with Gasteiger partial charge < -0.3 is 10.1 Å². The highest BCUT2D eigenvalue weighted by Gasteiger charge is 2.27. The summed E-state index contributed by atoms with van der Waals surface area (Å²) in [6, 6.07) is 10.2. The molecule has 22 heavy (non-hydrogen) atoms. The van der Waals surface area contributed by atoms with Gasteiger partial charge in [-0.2, -0.15) is 0 Å². The molecule has 2 aromatic rings. The second-order valence-electron chi connectivity index (χ2n) is 6.54. The summed E-state index contributed by atoms with van der Waals surface area (Å²) in [6.07, 6.45) is 4.30. The van der Waals surface area contributed by atoms with Gasteiger partial charge in [-0.1, -0.05) is 26.0 Å². The van der Waals surface area contributed by atoms with Crippen molar-refractivity contribution in [1.29, 1.82) is 0 Å². The molecule has 0 amide bonds. The van der Waals surface area contributed by atoms with Crippen molar-refractivity contribution < 1.29 is 4.74 Å². The van der Waals surface area contributed by atoms with E-state index in [1.807, 2.05) is 24.4 Å². The summed E-state index contributed by atoms with van der Waals surface area (Å²) in [5.74, 6) is 3.36. The number of nitrogens with one attached hydrogen (secondary N) is 1. The maximum Gasteiger partial charge on any atom is 0.133 e. The number of methoxy groups -OCH3 is 1. The Bertz CT molecular complexity index is 633. The molecule has 0 spiro atoms. The molecule has 1 saturated carbocycles. The van der Waals surface area contributed by atoms with E-state index in [0.717, 1.165) is 23.9 Å². The molecule has 0 atom stereocenters. The van der Waals surface area contributed by atoms with Crippen LogP contribution in [0, 0.1) is 0 Å². The Morgan fingerprint density at radius 3 is 2.55 bits per heavy atom. The predicted molar refractivity (Wildman–Crippen MR) is 88.5 cm³/mol. The number of nitrogens with zero attached hydrogens (tertiary/aromatic N) is 2.